The molecule has 1 aliphatic carbocycles. The van der Waals surface area contributed by atoms with Crippen molar-refractivity contribution in [2.24, 2.45) is 5.92 Å². The Morgan fingerprint density at radius 1 is 1.00 bits per heavy atom. The molecule has 2 fully saturated rings. The molecule has 7 nitrogen and oxygen atoms in total. The summed E-state index contributed by atoms with van der Waals surface area (Å²) in [5.74, 6) is -1.60. The Morgan fingerprint density at radius 2 is 1.76 bits per heavy atom. The average Bonchev–Trinajstić information content (AvgIpc) is 3.40. The molecule has 1 aromatic carbocycles. The first-order valence-corrected chi connectivity index (χ1v) is 10.4. The van der Waals surface area contributed by atoms with Crippen molar-refractivity contribution in [2.45, 2.75) is 31.1 Å². The second-order valence-electron chi connectivity index (χ2n) is 8.29. The molecule has 34 heavy (non-hydrogen) atoms. The molecule has 2 aliphatic rings. The summed E-state index contributed by atoms with van der Waals surface area (Å²) in [5, 5.41) is 3.08. The van der Waals surface area contributed by atoms with E-state index in [0.717, 1.165) is 18.6 Å². The molecule has 0 radical (unpaired) electrons. The number of nitrogens with zero attached hydrogens (tertiary/aromatic N) is 5. The Hall–Kier alpha value is -3.70. The number of anilines is 1. The minimum atomic E-state index is -4.59. The van der Waals surface area contributed by atoms with Gasteiger partial charge in [-0.05, 0) is 30.9 Å². The van der Waals surface area contributed by atoms with Crippen molar-refractivity contribution in [1.82, 2.24) is 24.8 Å². The van der Waals surface area contributed by atoms with Crippen LogP contribution in [0.2, 0.25) is 0 Å². The predicted molar refractivity (Wildman–Crippen MR) is 109 cm³/mol. The van der Waals surface area contributed by atoms with Gasteiger partial charge in [-0.1, -0.05) is 6.07 Å². The minimum Gasteiger partial charge on any atom is -0.364 e. The molecular formula is C22H17F5N6O. The second-order valence-corrected chi connectivity index (χ2v) is 8.29. The number of amides is 1. The second kappa shape index (κ2) is 8.26. The molecule has 0 spiro atoms. The number of nitrogens with one attached hydrogen (secondary N) is 1. The molecule has 3 heterocycles. The van der Waals surface area contributed by atoms with Gasteiger partial charge in [0.2, 0.25) is 0 Å². The number of alkyl halides is 3. The lowest BCUT2D eigenvalue weighted by Crippen LogP contribution is -2.48. The molecule has 1 amide bonds. The third kappa shape index (κ3) is 4.03. The van der Waals surface area contributed by atoms with Crippen molar-refractivity contribution in [1.29, 1.82) is 0 Å². The molecule has 1 saturated carbocycles. The highest BCUT2D eigenvalue weighted by molar-refractivity contribution is 6.00. The summed E-state index contributed by atoms with van der Waals surface area (Å²) in [6.07, 6.45) is 0.261. The van der Waals surface area contributed by atoms with E-state index in [1.165, 1.54) is 18.2 Å². The van der Waals surface area contributed by atoms with Crippen LogP contribution in [0.25, 0.3) is 11.4 Å². The highest BCUT2D eigenvalue weighted by atomic mass is 19.4. The number of hydrogen-bond donors (Lipinski definition) is 1. The predicted octanol–water partition coefficient (Wildman–Crippen LogP) is 3.95. The summed E-state index contributed by atoms with van der Waals surface area (Å²) in [6, 6.07) is 3.50. The zero-order chi connectivity index (χ0) is 24.0. The molecule has 1 N–H and O–H groups in total. The van der Waals surface area contributed by atoms with Gasteiger partial charge >= 0.3 is 6.18 Å². The molecule has 5 rings (SSSR count). The van der Waals surface area contributed by atoms with Gasteiger partial charge in [-0.3, -0.25) is 4.79 Å². The van der Waals surface area contributed by atoms with Crippen LogP contribution in [0.3, 0.4) is 0 Å². The van der Waals surface area contributed by atoms with Crippen LogP contribution in [-0.4, -0.2) is 49.4 Å². The molecule has 12 heteroatoms. The largest absolute Gasteiger partial charge is 0.434 e. The maximum atomic E-state index is 14.7. The topological polar surface area (TPSA) is 83.9 Å². The number of fused-ring (bicyclic) bond motifs is 2. The first kappa shape index (κ1) is 22.1. The van der Waals surface area contributed by atoms with Gasteiger partial charge < -0.3 is 10.2 Å². The lowest BCUT2D eigenvalue weighted by atomic mass is 10.0. The van der Waals surface area contributed by atoms with E-state index in [4.69, 9.17) is 0 Å². The first-order valence-electron chi connectivity index (χ1n) is 10.4. The molecular weight excluding hydrogens is 459 g/mol. The Bertz CT molecular complexity index is 1220. The quantitative estimate of drug-likeness (QED) is 0.575. The zero-order valence-corrected chi connectivity index (χ0v) is 17.4. The summed E-state index contributed by atoms with van der Waals surface area (Å²) in [4.78, 5) is 29.9. The lowest BCUT2D eigenvalue weighted by molar-refractivity contribution is -0.141. The van der Waals surface area contributed by atoms with Gasteiger partial charge in [0.25, 0.3) is 5.91 Å². The van der Waals surface area contributed by atoms with E-state index in [-0.39, 0.29) is 40.8 Å². The summed E-state index contributed by atoms with van der Waals surface area (Å²) >= 11 is 0. The molecule has 2 aromatic heterocycles. The van der Waals surface area contributed by atoms with Crippen molar-refractivity contribution < 1.29 is 26.7 Å². The summed E-state index contributed by atoms with van der Waals surface area (Å²) < 4.78 is 66.1. The molecule has 1 saturated heterocycles. The van der Waals surface area contributed by atoms with Crippen LogP contribution in [0.1, 0.15) is 28.9 Å². The van der Waals surface area contributed by atoms with Gasteiger partial charge in [0.05, 0.1) is 42.0 Å². The summed E-state index contributed by atoms with van der Waals surface area (Å²) in [6.45, 7) is 0.459. The number of likely N-dealkylation sites (tertiary alicyclic amines) is 1. The maximum absolute atomic E-state index is 14.7. The molecule has 3 atom stereocenters. The van der Waals surface area contributed by atoms with Gasteiger partial charge in [-0.2, -0.15) is 13.2 Å². The fraction of sp³-hybridized carbons (Fsp3) is 0.318. The van der Waals surface area contributed by atoms with Crippen LogP contribution in [0, 0.1) is 17.6 Å². The number of carbonyl (C=O) groups excluding carboxylic acids is 1. The molecule has 0 unspecified atom stereocenters. The fourth-order valence-electron chi connectivity index (χ4n) is 4.68. The molecule has 1 aliphatic heterocycles. The highest BCUT2D eigenvalue weighted by Gasteiger charge is 2.47. The van der Waals surface area contributed by atoms with E-state index in [0.29, 0.717) is 25.6 Å². The highest BCUT2D eigenvalue weighted by Crippen LogP contribution is 2.40. The number of rotatable bonds is 4. The Morgan fingerprint density at radius 3 is 2.41 bits per heavy atom. The van der Waals surface area contributed by atoms with Gasteiger partial charge in [-0.25, -0.2) is 28.7 Å². The number of aromatic nitrogens is 4. The smallest absolute Gasteiger partial charge is 0.364 e. The normalized spacial score (nSPS) is 21.7. The lowest BCUT2D eigenvalue weighted by Gasteiger charge is -2.34. The van der Waals surface area contributed by atoms with Crippen LogP contribution in [-0.2, 0) is 6.18 Å². The van der Waals surface area contributed by atoms with E-state index in [9.17, 15) is 26.7 Å². The van der Waals surface area contributed by atoms with Gasteiger partial charge in [0.1, 0.15) is 11.6 Å². The van der Waals surface area contributed by atoms with Crippen LogP contribution in [0.4, 0.5) is 27.8 Å². The molecule has 3 aromatic rings. The SMILES string of the molecule is O=C(c1cccc(F)c1-c1ncc(F)cn1)N1C[C@H]2C[C@@H](Nc3cnc(C(F)(F)F)cn3)[C@@H]1C2. The van der Waals surface area contributed by atoms with Crippen molar-refractivity contribution in [3.8, 4) is 11.4 Å². The van der Waals surface area contributed by atoms with E-state index < -0.39 is 29.4 Å². The maximum Gasteiger partial charge on any atom is 0.434 e. The number of halogens is 5. The Labute approximate surface area is 190 Å². The fourth-order valence-corrected chi connectivity index (χ4v) is 4.68. The number of benzene rings is 1. The monoisotopic (exact) mass is 476 g/mol. The molecule has 176 valence electrons. The van der Waals surface area contributed by atoms with Crippen molar-refractivity contribution in [2.75, 3.05) is 11.9 Å². The van der Waals surface area contributed by atoms with Crippen molar-refractivity contribution in [3.63, 3.8) is 0 Å². The average molecular weight is 476 g/mol. The zero-order valence-electron chi connectivity index (χ0n) is 17.4. The third-order valence-corrected chi connectivity index (χ3v) is 6.11. The van der Waals surface area contributed by atoms with E-state index >= 15 is 0 Å². The number of piperidine rings is 1. The van der Waals surface area contributed by atoms with E-state index in [1.54, 1.807) is 4.90 Å². The van der Waals surface area contributed by atoms with E-state index in [2.05, 4.69) is 25.3 Å². The Kier molecular flexibility index (Phi) is 5.37. The van der Waals surface area contributed by atoms with Gasteiger partial charge in [0, 0.05) is 12.6 Å². The van der Waals surface area contributed by atoms with Crippen LogP contribution in [0.15, 0.2) is 43.0 Å². The van der Waals surface area contributed by atoms with Gasteiger partial charge in [-0.15, -0.1) is 0 Å². The van der Waals surface area contributed by atoms with Crippen LogP contribution >= 0.6 is 0 Å². The number of hydrogen-bond acceptors (Lipinski definition) is 6. The minimum absolute atomic E-state index is 0.0484. The first-order chi connectivity index (χ1) is 16.2. The van der Waals surface area contributed by atoms with Crippen molar-refractivity contribution >= 4 is 11.7 Å². The molecule has 2 bridgehead atoms. The number of carbonyl (C=O) groups is 1. The van der Waals surface area contributed by atoms with Crippen molar-refractivity contribution in [3.05, 3.63) is 65.9 Å². The van der Waals surface area contributed by atoms with Gasteiger partial charge in [0.15, 0.2) is 17.3 Å². The van der Waals surface area contributed by atoms with E-state index in [1.807, 2.05) is 0 Å². The third-order valence-electron chi connectivity index (χ3n) is 6.11. The summed E-state index contributed by atoms with van der Waals surface area (Å²) in [5.41, 5.74) is -1.16. The Balaban J connectivity index is 1.38. The van der Waals surface area contributed by atoms with Crippen LogP contribution in [0.5, 0.6) is 0 Å². The van der Waals surface area contributed by atoms with Crippen LogP contribution < -0.4 is 5.32 Å². The summed E-state index contributed by atoms with van der Waals surface area (Å²) in [7, 11) is 0. The standard InChI is InChI=1S/C22H17F5N6O/c23-12-6-30-20(31-7-12)19-13(2-1-3-14(19)24)21(34)33-10-11-4-15(16(33)5-11)32-18-9-28-17(8-29-18)22(25,26)27/h1-3,6-9,11,15-16H,4-5,10H2,(H,29,32)/t11-,15+,16-/m0/s1.